The average Bonchev–Trinajstić information content (AvgIpc) is 2.62. The lowest BCUT2D eigenvalue weighted by molar-refractivity contribution is -0.0124. The zero-order valence-electron chi connectivity index (χ0n) is 13.7. The molecule has 24 heavy (non-hydrogen) atoms. The van der Waals surface area contributed by atoms with Crippen molar-refractivity contribution in [3.63, 3.8) is 0 Å². The SMILES string of the molecule is CC1CN(C(=O)c2ccc(S(=O)(=O)N3CCOCC3)cc2)CCO1. The van der Waals surface area contributed by atoms with Crippen molar-refractivity contribution >= 4 is 15.9 Å². The minimum absolute atomic E-state index is 0.0173. The molecule has 132 valence electrons. The molecule has 0 aliphatic carbocycles. The Balaban J connectivity index is 1.74. The molecule has 1 amide bonds. The van der Waals surface area contributed by atoms with Crippen molar-refractivity contribution in [3.8, 4) is 0 Å². The first kappa shape index (κ1) is 17.3. The normalized spacial score (nSPS) is 23.2. The highest BCUT2D eigenvalue weighted by Gasteiger charge is 2.27. The maximum Gasteiger partial charge on any atom is 0.254 e. The van der Waals surface area contributed by atoms with Gasteiger partial charge in [0.15, 0.2) is 0 Å². The van der Waals surface area contributed by atoms with Crippen molar-refractivity contribution in [3.05, 3.63) is 29.8 Å². The maximum atomic E-state index is 12.6. The molecule has 1 unspecified atom stereocenters. The van der Waals surface area contributed by atoms with Crippen LogP contribution in [0.4, 0.5) is 0 Å². The lowest BCUT2D eigenvalue weighted by Crippen LogP contribution is -2.44. The first-order valence-electron chi connectivity index (χ1n) is 8.07. The fraction of sp³-hybridized carbons (Fsp3) is 0.562. The van der Waals surface area contributed by atoms with Crippen molar-refractivity contribution in [1.29, 1.82) is 0 Å². The molecule has 0 aromatic heterocycles. The summed E-state index contributed by atoms with van der Waals surface area (Å²) in [5.41, 5.74) is 0.491. The van der Waals surface area contributed by atoms with Crippen molar-refractivity contribution < 1.29 is 22.7 Å². The summed E-state index contributed by atoms with van der Waals surface area (Å²) < 4.78 is 37.2. The molecule has 0 saturated carbocycles. The number of rotatable bonds is 3. The zero-order valence-corrected chi connectivity index (χ0v) is 14.5. The van der Waals surface area contributed by atoms with E-state index in [0.717, 1.165) is 0 Å². The molecule has 8 heteroatoms. The second kappa shape index (κ2) is 7.18. The molecule has 0 radical (unpaired) electrons. The van der Waals surface area contributed by atoms with Gasteiger partial charge in [-0.05, 0) is 31.2 Å². The number of carbonyl (C=O) groups excluding carboxylic acids is 1. The maximum absolute atomic E-state index is 12.6. The number of carbonyl (C=O) groups is 1. The summed E-state index contributed by atoms with van der Waals surface area (Å²) in [7, 11) is -3.53. The molecule has 7 nitrogen and oxygen atoms in total. The number of ether oxygens (including phenoxy) is 2. The number of nitrogens with zero attached hydrogens (tertiary/aromatic N) is 2. The van der Waals surface area contributed by atoms with E-state index in [1.54, 1.807) is 17.0 Å². The topological polar surface area (TPSA) is 76.2 Å². The predicted octanol–water partition coefficient (Wildman–Crippen LogP) is 0.568. The van der Waals surface area contributed by atoms with E-state index in [1.807, 2.05) is 6.92 Å². The Morgan fingerprint density at radius 3 is 2.38 bits per heavy atom. The van der Waals surface area contributed by atoms with Gasteiger partial charge in [0.25, 0.3) is 5.91 Å². The molecule has 1 atom stereocenters. The van der Waals surface area contributed by atoms with Crippen molar-refractivity contribution in [1.82, 2.24) is 9.21 Å². The highest BCUT2D eigenvalue weighted by atomic mass is 32.2. The van der Waals surface area contributed by atoms with Crippen LogP contribution in [0, 0.1) is 0 Å². The molecule has 0 N–H and O–H groups in total. The number of benzene rings is 1. The molecule has 2 saturated heterocycles. The van der Waals surface area contributed by atoms with Crippen molar-refractivity contribution in [2.24, 2.45) is 0 Å². The van der Waals surface area contributed by atoms with Gasteiger partial charge in [-0.15, -0.1) is 0 Å². The monoisotopic (exact) mass is 354 g/mol. The number of sulfonamides is 1. The molecule has 1 aromatic rings. The van der Waals surface area contributed by atoms with Gasteiger partial charge in [0.05, 0.1) is 30.8 Å². The van der Waals surface area contributed by atoms with Crippen LogP contribution in [-0.2, 0) is 19.5 Å². The fourth-order valence-electron chi connectivity index (χ4n) is 2.89. The van der Waals surface area contributed by atoms with Crippen LogP contribution in [0.25, 0.3) is 0 Å². The van der Waals surface area contributed by atoms with E-state index in [-0.39, 0.29) is 16.9 Å². The van der Waals surface area contributed by atoms with Gasteiger partial charge in [-0.2, -0.15) is 4.31 Å². The molecule has 0 spiro atoms. The van der Waals surface area contributed by atoms with Gasteiger partial charge < -0.3 is 14.4 Å². The number of hydrogen-bond donors (Lipinski definition) is 0. The Labute approximate surface area is 142 Å². The van der Waals surface area contributed by atoms with E-state index in [2.05, 4.69) is 0 Å². The molecule has 2 aliphatic rings. The van der Waals surface area contributed by atoms with Gasteiger partial charge in [-0.3, -0.25) is 4.79 Å². The molecule has 0 bridgehead atoms. The summed E-state index contributed by atoms with van der Waals surface area (Å²) in [5.74, 6) is -0.0968. The first-order chi connectivity index (χ1) is 11.5. The van der Waals surface area contributed by atoms with Gasteiger partial charge in [0.2, 0.25) is 10.0 Å². The minimum Gasteiger partial charge on any atom is -0.379 e. The summed E-state index contributed by atoms with van der Waals surface area (Å²) in [6.45, 7) is 5.08. The van der Waals surface area contributed by atoms with Crippen molar-refractivity contribution in [2.75, 3.05) is 46.0 Å². The Morgan fingerprint density at radius 2 is 1.75 bits per heavy atom. The lowest BCUT2D eigenvalue weighted by atomic mass is 10.2. The summed E-state index contributed by atoms with van der Waals surface area (Å²) >= 11 is 0. The van der Waals surface area contributed by atoms with Crippen LogP contribution in [0.15, 0.2) is 29.2 Å². The summed E-state index contributed by atoms with van der Waals surface area (Å²) in [4.78, 5) is 14.4. The average molecular weight is 354 g/mol. The van der Waals surface area contributed by atoms with Crippen LogP contribution in [-0.4, -0.2) is 75.6 Å². The summed E-state index contributed by atoms with van der Waals surface area (Å²) in [6, 6.07) is 6.16. The molecule has 1 aromatic carbocycles. The highest BCUT2D eigenvalue weighted by Crippen LogP contribution is 2.19. The lowest BCUT2D eigenvalue weighted by Gasteiger charge is -2.31. The first-order valence-corrected chi connectivity index (χ1v) is 9.51. The largest absolute Gasteiger partial charge is 0.379 e. The fourth-order valence-corrected chi connectivity index (χ4v) is 4.30. The van der Waals surface area contributed by atoms with Crippen LogP contribution in [0.1, 0.15) is 17.3 Å². The highest BCUT2D eigenvalue weighted by molar-refractivity contribution is 7.89. The Morgan fingerprint density at radius 1 is 1.08 bits per heavy atom. The molecule has 2 aliphatic heterocycles. The Bertz CT molecular complexity index is 683. The molecule has 3 rings (SSSR count). The van der Waals surface area contributed by atoms with E-state index in [4.69, 9.17) is 9.47 Å². The van der Waals surface area contributed by atoms with E-state index >= 15 is 0 Å². The minimum atomic E-state index is -3.53. The van der Waals surface area contributed by atoms with Crippen LogP contribution in [0.2, 0.25) is 0 Å². The number of hydrogen-bond acceptors (Lipinski definition) is 5. The van der Waals surface area contributed by atoms with Gasteiger partial charge >= 0.3 is 0 Å². The van der Waals surface area contributed by atoms with Gasteiger partial charge in [-0.1, -0.05) is 0 Å². The molecular weight excluding hydrogens is 332 g/mol. The van der Waals surface area contributed by atoms with E-state index < -0.39 is 10.0 Å². The van der Waals surface area contributed by atoms with Gasteiger partial charge in [0.1, 0.15) is 0 Å². The number of amides is 1. The Kier molecular flexibility index (Phi) is 5.19. The number of morpholine rings is 2. The van der Waals surface area contributed by atoms with E-state index in [0.29, 0.717) is 51.6 Å². The Hall–Kier alpha value is -1.48. The van der Waals surface area contributed by atoms with Crippen LogP contribution < -0.4 is 0 Å². The van der Waals surface area contributed by atoms with Crippen LogP contribution >= 0.6 is 0 Å². The van der Waals surface area contributed by atoms with Crippen LogP contribution in [0.3, 0.4) is 0 Å². The summed E-state index contributed by atoms with van der Waals surface area (Å²) in [5, 5.41) is 0. The van der Waals surface area contributed by atoms with Crippen LogP contribution in [0.5, 0.6) is 0 Å². The second-order valence-electron chi connectivity index (χ2n) is 5.97. The third-order valence-electron chi connectivity index (χ3n) is 4.24. The molecular formula is C16H22N2O5S. The smallest absolute Gasteiger partial charge is 0.254 e. The molecule has 2 fully saturated rings. The molecule has 2 heterocycles. The quantitative estimate of drug-likeness (QED) is 0.793. The second-order valence-corrected chi connectivity index (χ2v) is 7.91. The predicted molar refractivity (Wildman–Crippen MR) is 87.3 cm³/mol. The third-order valence-corrected chi connectivity index (χ3v) is 6.15. The van der Waals surface area contributed by atoms with Gasteiger partial charge in [-0.25, -0.2) is 8.42 Å². The summed E-state index contributed by atoms with van der Waals surface area (Å²) in [6.07, 6.45) is 0.0173. The third kappa shape index (κ3) is 3.61. The van der Waals surface area contributed by atoms with E-state index in [9.17, 15) is 13.2 Å². The van der Waals surface area contributed by atoms with Crippen molar-refractivity contribution in [2.45, 2.75) is 17.9 Å². The van der Waals surface area contributed by atoms with E-state index in [1.165, 1.54) is 16.4 Å². The standard InChI is InChI=1S/C16H22N2O5S/c1-13-12-17(6-11-23-13)16(19)14-2-4-15(5-3-14)24(20,21)18-7-9-22-10-8-18/h2-5,13H,6-12H2,1H3. The zero-order chi connectivity index (χ0) is 17.2. The van der Waals surface area contributed by atoms with Gasteiger partial charge in [0, 0.05) is 31.7 Å².